The van der Waals surface area contributed by atoms with Crippen molar-refractivity contribution in [3.63, 3.8) is 0 Å². The van der Waals surface area contributed by atoms with Gasteiger partial charge in [-0.1, -0.05) is 32.4 Å². The van der Waals surface area contributed by atoms with Gasteiger partial charge in [-0.15, -0.1) is 0 Å². The molecule has 3 aromatic rings. The normalized spacial score (nSPS) is 12.8. The van der Waals surface area contributed by atoms with Gasteiger partial charge in [0.2, 0.25) is 0 Å². The van der Waals surface area contributed by atoms with Gasteiger partial charge in [0.25, 0.3) is 5.91 Å². The summed E-state index contributed by atoms with van der Waals surface area (Å²) in [5, 5.41) is 4.02. The number of hydrogen-bond acceptors (Lipinski definition) is 3. The Hall–Kier alpha value is -2.75. The molecular formula is C22H25N3O. The third-order valence-electron chi connectivity index (χ3n) is 4.83. The maximum Gasteiger partial charge on any atom is 0.252 e. The van der Waals surface area contributed by atoms with Crippen LogP contribution in [0.1, 0.15) is 43.6 Å². The molecule has 1 unspecified atom stereocenters. The van der Waals surface area contributed by atoms with Gasteiger partial charge in [0.05, 0.1) is 16.8 Å². The molecule has 3 rings (SSSR count). The first-order chi connectivity index (χ1) is 12.3. The second kappa shape index (κ2) is 6.87. The maximum atomic E-state index is 13.1. The summed E-state index contributed by atoms with van der Waals surface area (Å²) < 4.78 is 0. The summed E-state index contributed by atoms with van der Waals surface area (Å²) in [6.45, 7) is 10.4. The van der Waals surface area contributed by atoms with Crippen molar-refractivity contribution in [1.29, 1.82) is 0 Å². The van der Waals surface area contributed by atoms with Crippen molar-refractivity contribution < 1.29 is 4.79 Å². The fourth-order valence-electron chi connectivity index (χ4n) is 2.69. The molecule has 1 atom stereocenters. The molecule has 0 fully saturated rings. The zero-order chi connectivity index (χ0) is 18.9. The van der Waals surface area contributed by atoms with E-state index in [-0.39, 0.29) is 17.4 Å². The molecule has 1 aromatic carbocycles. The SMILES string of the molecule is Cc1ccc2nc(-c3ccncc3)cc(C(=O)NC(C)C(C)(C)C)c2c1. The number of pyridine rings is 2. The summed E-state index contributed by atoms with van der Waals surface area (Å²) >= 11 is 0. The van der Waals surface area contributed by atoms with E-state index in [4.69, 9.17) is 4.98 Å². The molecule has 1 amide bonds. The van der Waals surface area contributed by atoms with Gasteiger partial charge in [-0.05, 0) is 49.6 Å². The maximum absolute atomic E-state index is 13.1. The number of benzene rings is 1. The van der Waals surface area contributed by atoms with E-state index in [0.717, 1.165) is 27.7 Å². The molecule has 2 aromatic heterocycles. The quantitative estimate of drug-likeness (QED) is 0.742. The van der Waals surface area contributed by atoms with Crippen LogP contribution in [0.5, 0.6) is 0 Å². The number of aryl methyl sites for hydroxylation is 1. The molecule has 4 nitrogen and oxygen atoms in total. The molecule has 0 aliphatic carbocycles. The van der Waals surface area contributed by atoms with Crippen molar-refractivity contribution in [2.24, 2.45) is 5.41 Å². The Morgan fingerprint density at radius 2 is 1.77 bits per heavy atom. The van der Waals surface area contributed by atoms with Gasteiger partial charge in [-0.3, -0.25) is 9.78 Å². The number of carbonyl (C=O) groups excluding carboxylic acids is 1. The lowest BCUT2D eigenvalue weighted by Gasteiger charge is -2.28. The van der Waals surface area contributed by atoms with Crippen molar-refractivity contribution in [1.82, 2.24) is 15.3 Å². The van der Waals surface area contributed by atoms with Crippen LogP contribution < -0.4 is 5.32 Å². The summed E-state index contributed by atoms with van der Waals surface area (Å²) in [5.74, 6) is -0.0688. The summed E-state index contributed by atoms with van der Waals surface area (Å²) in [6.07, 6.45) is 3.47. The minimum absolute atomic E-state index is 0.0116. The summed E-state index contributed by atoms with van der Waals surface area (Å²) in [6, 6.07) is 11.7. The molecule has 0 aliphatic heterocycles. The number of aromatic nitrogens is 2. The van der Waals surface area contributed by atoms with Gasteiger partial charge >= 0.3 is 0 Å². The van der Waals surface area contributed by atoms with Crippen molar-refractivity contribution in [3.05, 3.63) is 59.9 Å². The van der Waals surface area contributed by atoms with Crippen molar-refractivity contribution in [2.45, 2.75) is 40.7 Å². The van der Waals surface area contributed by atoms with Gasteiger partial charge in [0.15, 0.2) is 0 Å². The van der Waals surface area contributed by atoms with Crippen LogP contribution >= 0.6 is 0 Å². The Balaban J connectivity index is 2.12. The van der Waals surface area contributed by atoms with E-state index in [1.165, 1.54) is 0 Å². The Labute approximate surface area is 154 Å². The monoisotopic (exact) mass is 347 g/mol. The Kier molecular flexibility index (Phi) is 4.77. The highest BCUT2D eigenvalue weighted by Crippen LogP contribution is 2.26. The molecule has 2 heterocycles. The molecule has 0 radical (unpaired) electrons. The van der Waals surface area contributed by atoms with E-state index < -0.39 is 0 Å². The van der Waals surface area contributed by atoms with E-state index in [1.54, 1.807) is 12.4 Å². The number of nitrogens with zero attached hydrogens (tertiary/aromatic N) is 2. The van der Waals surface area contributed by atoms with Crippen LogP contribution in [0, 0.1) is 12.3 Å². The summed E-state index contributed by atoms with van der Waals surface area (Å²) in [4.78, 5) is 21.9. The number of hydrogen-bond donors (Lipinski definition) is 1. The standard InChI is InChI=1S/C22H25N3O/c1-14-6-7-19-17(12-14)18(21(26)24-15(2)22(3,4)5)13-20(25-19)16-8-10-23-11-9-16/h6-13,15H,1-5H3,(H,24,26). The average molecular weight is 347 g/mol. The molecule has 0 saturated heterocycles. The Morgan fingerprint density at radius 1 is 1.08 bits per heavy atom. The fourth-order valence-corrected chi connectivity index (χ4v) is 2.69. The molecule has 0 aliphatic rings. The summed E-state index contributed by atoms with van der Waals surface area (Å²) in [5.41, 5.74) is 4.29. The molecular weight excluding hydrogens is 322 g/mol. The molecule has 0 spiro atoms. The minimum atomic E-state index is -0.0688. The van der Waals surface area contributed by atoms with E-state index in [0.29, 0.717) is 5.56 Å². The molecule has 0 bridgehead atoms. The first-order valence-corrected chi connectivity index (χ1v) is 8.88. The molecule has 0 saturated carbocycles. The topological polar surface area (TPSA) is 54.9 Å². The largest absolute Gasteiger partial charge is 0.349 e. The fraction of sp³-hybridized carbons (Fsp3) is 0.318. The zero-order valence-corrected chi connectivity index (χ0v) is 16.0. The van der Waals surface area contributed by atoms with Crippen LogP contribution in [0.15, 0.2) is 48.8 Å². The van der Waals surface area contributed by atoms with Crippen molar-refractivity contribution in [3.8, 4) is 11.3 Å². The predicted molar refractivity (Wildman–Crippen MR) is 106 cm³/mol. The van der Waals surface area contributed by atoms with Crippen LogP contribution in [0.2, 0.25) is 0 Å². The predicted octanol–water partition coefficient (Wildman–Crippen LogP) is 4.77. The summed E-state index contributed by atoms with van der Waals surface area (Å²) in [7, 11) is 0. The number of amides is 1. The van der Waals surface area contributed by atoms with E-state index in [9.17, 15) is 4.79 Å². The smallest absolute Gasteiger partial charge is 0.252 e. The van der Waals surface area contributed by atoms with Gasteiger partial charge < -0.3 is 5.32 Å². The van der Waals surface area contributed by atoms with Crippen LogP contribution in [0.3, 0.4) is 0 Å². The number of nitrogens with one attached hydrogen (secondary N) is 1. The first-order valence-electron chi connectivity index (χ1n) is 8.88. The van der Waals surface area contributed by atoms with Crippen LogP contribution in [-0.4, -0.2) is 21.9 Å². The first kappa shape index (κ1) is 18.1. The number of fused-ring (bicyclic) bond motifs is 1. The van der Waals surface area contributed by atoms with Crippen LogP contribution in [0.25, 0.3) is 22.2 Å². The highest BCUT2D eigenvalue weighted by Gasteiger charge is 2.23. The van der Waals surface area contributed by atoms with Crippen molar-refractivity contribution in [2.75, 3.05) is 0 Å². The number of carbonyl (C=O) groups is 1. The minimum Gasteiger partial charge on any atom is -0.349 e. The van der Waals surface area contributed by atoms with E-state index >= 15 is 0 Å². The molecule has 4 heteroatoms. The van der Waals surface area contributed by atoms with Crippen LogP contribution in [-0.2, 0) is 0 Å². The van der Waals surface area contributed by atoms with Crippen molar-refractivity contribution >= 4 is 16.8 Å². The van der Waals surface area contributed by atoms with Gasteiger partial charge in [-0.2, -0.15) is 0 Å². The molecule has 1 N–H and O–H groups in total. The third-order valence-corrected chi connectivity index (χ3v) is 4.83. The molecule has 134 valence electrons. The van der Waals surface area contributed by atoms with Gasteiger partial charge in [-0.25, -0.2) is 4.98 Å². The second-order valence-electron chi connectivity index (χ2n) is 7.87. The van der Waals surface area contributed by atoms with E-state index in [1.807, 2.05) is 50.2 Å². The van der Waals surface area contributed by atoms with E-state index in [2.05, 4.69) is 31.1 Å². The lowest BCUT2D eigenvalue weighted by atomic mass is 9.88. The second-order valence-corrected chi connectivity index (χ2v) is 7.87. The third kappa shape index (κ3) is 3.74. The average Bonchev–Trinajstić information content (AvgIpc) is 2.60. The lowest BCUT2D eigenvalue weighted by molar-refractivity contribution is 0.0912. The highest BCUT2D eigenvalue weighted by molar-refractivity contribution is 6.07. The van der Waals surface area contributed by atoms with Gasteiger partial charge in [0.1, 0.15) is 0 Å². The number of rotatable bonds is 3. The Bertz CT molecular complexity index is 943. The lowest BCUT2D eigenvalue weighted by Crippen LogP contribution is -2.41. The highest BCUT2D eigenvalue weighted by atomic mass is 16.1. The molecule has 26 heavy (non-hydrogen) atoms. The van der Waals surface area contributed by atoms with Crippen LogP contribution in [0.4, 0.5) is 0 Å². The zero-order valence-electron chi connectivity index (χ0n) is 16.0. The van der Waals surface area contributed by atoms with Gasteiger partial charge in [0, 0.05) is 29.4 Å². The Morgan fingerprint density at radius 3 is 2.42 bits per heavy atom.